The van der Waals surface area contributed by atoms with Crippen molar-refractivity contribution in [2.24, 2.45) is 0 Å². The van der Waals surface area contributed by atoms with Crippen LogP contribution in [-0.4, -0.2) is 34.5 Å². The van der Waals surface area contributed by atoms with Crippen molar-refractivity contribution in [1.82, 2.24) is 4.90 Å². The molecule has 1 saturated carbocycles. The quantitative estimate of drug-likeness (QED) is 0.308. The van der Waals surface area contributed by atoms with Gasteiger partial charge in [-0.3, -0.25) is 9.59 Å². The fourth-order valence-corrected chi connectivity index (χ4v) is 3.35. The van der Waals surface area contributed by atoms with Crippen LogP contribution in [0, 0.1) is 0 Å². The van der Waals surface area contributed by atoms with Crippen LogP contribution in [0.5, 0.6) is 5.75 Å². The summed E-state index contributed by atoms with van der Waals surface area (Å²) in [6.07, 6.45) is 6.78. The van der Waals surface area contributed by atoms with Crippen LogP contribution in [0.1, 0.15) is 44.3 Å². The molecule has 1 aliphatic rings. The fourth-order valence-electron chi connectivity index (χ4n) is 3.35. The molecule has 1 heterocycles. The molecule has 3 aromatic rings. The Balaban J connectivity index is 1.52. The standard InChI is InChI=1S/C27H27NO5/c29-26(30)10-2-1-5-17-32-25-8-4-3-7-22(25)19-28(23-15-16-23)27(31)21-13-11-20(12-14-21)24-9-6-18-33-24/h1-4,6-9,11-14,18,23H,5,10,15-17,19H2,(H,29,30)/b2-1+/i19D2. The predicted molar refractivity (Wildman–Crippen MR) is 125 cm³/mol. The molecule has 6 heteroatoms. The number of hydrogen-bond donors (Lipinski definition) is 1. The van der Waals surface area contributed by atoms with E-state index in [9.17, 15) is 9.59 Å². The summed E-state index contributed by atoms with van der Waals surface area (Å²) in [5.41, 5.74) is 1.52. The number of carbonyl (C=O) groups excluding carboxylic acids is 1. The lowest BCUT2D eigenvalue weighted by Crippen LogP contribution is -2.32. The maximum Gasteiger partial charge on any atom is 0.307 e. The second-order valence-electron chi connectivity index (χ2n) is 7.78. The molecule has 0 spiro atoms. The lowest BCUT2D eigenvalue weighted by Gasteiger charge is -2.24. The smallest absolute Gasteiger partial charge is 0.307 e. The number of carboxylic acids is 1. The third-order valence-electron chi connectivity index (χ3n) is 5.20. The van der Waals surface area contributed by atoms with E-state index in [1.54, 1.807) is 73.0 Å². The molecule has 4 rings (SSSR count). The predicted octanol–water partition coefficient (Wildman–Crippen LogP) is 5.55. The van der Waals surface area contributed by atoms with Crippen LogP contribution in [0.25, 0.3) is 11.3 Å². The molecule has 1 fully saturated rings. The van der Waals surface area contributed by atoms with Gasteiger partial charge in [0.25, 0.3) is 5.91 Å². The number of carbonyl (C=O) groups is 2. The zero-order chi connectivity index (χ0) is 24.8. The highest BCUT2D eigenvalue weighted by Crippen LogP contribution is 2.32. The summed E-state index contributed by atoms with van der Waals surface area (Å²) in [4.78, 5) is 25.4. The van der Waals surface area contributed by atoms with Crippen LogP contribution in [0.2, 0.25) is 0 Å². The molecule has 1 aromatic heterocycles. The first-order valence-corrected chi connectivity index (χ1v) is 10.9. The van der Waals surface area contributed by atoms with Crippen molar-refractivity contribution in [3.63, 3.8) is 0 Å². The van der Waals surface area contributed by atoms with Gasteiger partial charge in [0.1, 0.15) is 11.5 Å². The van der Waals surface area contributed by atoms with Gasteiger partial charge in [-0.2, -0.15) is 0 Å². The SMILES string of the molecule is [2H]C([2H])(c1ccccc1OCC/C=C/CC(=O)O)N(C(=O)c1ccc(-c2ccco2)cc1)C1CC1. The first kappa shape index (κ1) is 19.9. The molecule has 0 saturated heterocycles. The van der Waals surface area contributed by atoms with Crippen molar-refractivity contribution in [1.29, 1.82) is 0 Å². The summed E-state index contributed by atoms with van der Waals surface area (Å²) >= 11 is 0. The number of furan rings is 1. The Morgan fingerprint density at radius 2 is 1.88 bits per heavy atom. The molecule has 0 atom stereocenters. The van der Waals surface area contributed by atoms with E-state index in [1.165, 1.54) is 4.90 Å². The molecule has 6 nitrogen and oxygen atoms in total. The van der Waals surface area contributed by atoms with Crippen LogP contribution in [0.4, 0.5) is 0 Å². The summed E-state index contributed by atoms with van der Waals surface area (Å²) < 4.78 is 29.2. The van der Waals surface area contributed by atoms with Gasteiger partial charge >= 0.3 is 5.97 Å². The summed E-state index contributed by atoms with van der Waals surface area (Å²) in [7, 11) is 0. The third kappa shape index (κ3) is 6.13. The maximum absolute atomic E-state index is 13.5. The highest BCUT2D eigenvalue weighted by molar-refractivity contribution is 5.95. The van der Waals surface area contributed by atoms with Crippen molar-refractivity contribution >= 4 is 11.9 Å². The van der Waals surface area contributed by atoms with Gasteiger partial charge < -0.3 is 19.2 Å². The minimum absolute atomic E-state index is 0.0555. The fraction of sp³-hybridized carbons (Fsp3) is 0.259. The largest absolute Gasteiger partial charge is 0.493 e. The number of amides is 1. The van der Waals surface area contributed by atoms with Crippen molar-refractivity contribution in [3.05, 3.63) is 90.2 Å². The number of aliphatic carboxylic acids is 1. The Kier molecular flexibility index (Phi) is 6.42. The van der Waals surface area contributed by atoms with Gasteiger partial charge in [-0.25, -0.2) is 0 Å². The Labute approximate surface area is 195 Å². The summed E-state index contributed by atoms with van der Waals surface area (Å²) in [5.74, 6) is -0.228. The van der Waals surface area contributed by atoms with Gasteiger partial charge in [0.15, 0.2) is 0 Å². The Morgan fingerprint density at radius 1 is 1.09 bits per heavy atom. The average Bonchev–Trinajstić information content (AvgIpc) is 3.51. The highest BCUT2D eigenvalue weighted by atomic mass is 16.5. The molecule has 0 radical (unpaired) electrons. The zero-order valence-corrected chi connectivity index (χ0v) is 18.1. The second-order valence-corrected chi connectivity index (χ2v) is 7.78. The van der Waals surface area contributed by atoms with Gasteiger partial charge in [0.2, 0.25) is 0 Å². The monoisotopic (exact) mass is 447 g/mol. The van der Waals surface area contributed by atoms with E-state index in [0.29, 0.717) is 23.5 Å². The lowest BCUT2D eigenvalue weighted by molar-refractivity contribution is -0.136. The number of benzene rings is 2. The van der Waals surface area contributed by atoms with E-state index in [4.69, 9.17) is 17.0 Å². The highest BCUT2D eigenvalue weighted by Gasteiger charge is 2.33. The number of ether oxygens (including phenoxy) is 1. The number of hydrogen-bond acceptors (Lipinski definition) is 4. The van der Waals surface area contributed by atoms with Crippen LogP contribution in [0.3, 0.4) is 0 Å². The van der Waals surface area contributed by atoms with Gasteiger partial charge in [0.05, 0.1) is 22.0 Å². The van der Waals surface area contributed by atoms with Gasteiger partial charge in [0, 0.05) is 29.2 Å². The zero-order valence-electron chi connectivity index (χ0n) is 20.1. The summed E-state index contributed by atoms with van der Waals surface area (Å²) in [6.45, 7) is -1.83. The summed E-state index contributed by atoms with van der Waals surface area (Å²) in [5, 5.41) is 8.70. The molecule has 1 amide bonds. The van der Waals surface area contributed by atoms with E-state index < -0.39 is 12.5 Å². The average molecular weight is 448 g/mol. The van der Waals surface area contributed by atoms with Gasteiger partial charge in [-0.1, -0.05) is 42.5 Å². The second kappa shape index (κ2) is 10.7. The number of rotatable bonds is 11. The molecule has 0 bridgehead atoms. The molecule has 33 heavy (non-hydrogen) atoms. The van der Waals surface area contributed by atoms with Gasteiger partial charge in [-0.05, 0) is 49.6 Å². The number of para-hydroxylation sites is 1. The first-order chi connectivity index (χ1) is 16.9. The minimum Gasteiger partial charge on any atom is -0.493 e. The Bertz CT molecular complexity index is 1180. The molecule has 0 unspecified atom stereocenters. The Hall–Kier alpha value is -3.80. The molecule has 1 N–H and O–H groups in total. The normalized spacial score (nSPS) is 14.5. The van der Waals surface area contributed by atoms with Crippen molar-refractivity contribution < 1.29 is 26.6 Å². The van der Waals surface area contributed by atoms with Crippen molar-refractivity contribution in [2.45, 2.75) is 38.2 Å². The van der Waals surface area contributed by atoms with E-state index in [1.807, 2.05) is 6.07 Å². The van der Waals surface area contributed by atoms with E-state index >= 15 is 0 Å². The molecular formula is C27H27NO5. The summed E-state index contributed by atoms with van der Waals surface area (Å²) in [6, 6.07) is 17.2. The van der Waals surface area contributed by atoms with Gasteiger partial charge in [-0.15, -0.1) is 0 Å². The van der Waals surface area contributed by atoms with Crippen LogP contribution in [0.15, 0.2) is 83.5 Å². The van der Waals surface area contributed by atoms with E-state index in [2.05, 4.69) is 0 Å². The van der Waals surface area contributed by atoms with Crippen molar-refractivity contribution in [3.8, 4) is 17.1 Å². The minimum atomic E-state index is -2.09. The molecule has 2 aromatic carbocycles. The number of carboxylic acid groups (broad SMARTS) is 1. The van der Waals surface area contributed by atoms with Crippen LogP contribution in [-0.2, 0) is 11.3 Å². The Morgan fingerprint density at radius 3 is 2.58 bits per heavy atom. The topological polar surface area (TPSA) is 80.0 Å². The van der Waals surface area contributed by atoms with Crippen LogP contribution >= 0.6 is 0 Å². The van der Waals surface area contributed by atoms with E-state index in [0.717, 1.165) is 18.4 Å². The van der Waals surface area contributed by atoms with Crippen molar-refractivity contribution in [2.75, 3.05) is 6.61 Å². The molecule has 0 aliphatic heterocycles. The first-order valence-electron chi connectivity index (χ1n) is 11.9. The number of nitrogens with zero attached hydrogens (tertiary/aromatic N) is 1. The molecule has 170 valence electrons. The molecule has 1 aliphatic carbocycles. The van der Waals surface area contributed by atoms with E-state index in [-0.39, 0.29) is 30.5 Å². The third-order valence-corrected chi connectivity index (χ3v) is 5.20. The lowest BCUT2D eigenvalue weighted by atomic mass is 10.1. The maximum atomic E-state index is 13.5. The molecular weight excluding hydrogens is 418 g/mol. The van der Waals surface area contributed by atoms with Crippen LogP contribution < -0.4 is 4.74 Å².